The average molecular weight is 429 g/mol. The molecule has 0 rings (SSSR count). The molecule has 0 bridgehead atoms. The van der Waals surface area contributed by atoms with E-state index in [1.807, 2.05) is 0 Å². The van der Waals surface area contributed by atoms with E-state index in [2.05, 4.69) is 20.8 Å². The summed E-state index contributed by atoms with van der Waals surface area (Å²) >= 11 is 0. The lowest BCUT2D eigenvalue weighted by Crippen LogP contribution is -3.00. The molecule has 148 valence electrons. The Balaban J connectivity index is 0. The summed E-state index contributed by atoms with van der Waals surface area (Å²) in [5.74, 6) is 0. The van der Waals surface area contributed by atoms with Crippen LogP contribution in [0.3, 0.4) is 0 Å². The van der Waals surface area contributed by atoms with Crippen LogP contribution in [0.5, 0.6) is 0 Å². The monoisotopic (exact) mass is 427 g/mol. The molecule has 0 radical (unpaired) electrons. The molecule has 24 heavy (non-hydrogen) atoms. The zero-order valence-corrected chi connectivity index (χ0v) is 19.6. The highest BCUT2D eigenvalue weighted by Crippen LogP contribution is 2.20. The summed E-state index contributed by atoms with van der Waals surface area (Å²) in [5, 5.41) is 0. The van der Waals surface area contributed by atoms with Gasteiger partial charge in [0.25, 0.3) is 0 Å². The van der Waals surface area contributed by atoms with Crippen LogP contribution in [0.25, 0.3) is 0 Å². The molecule has 0 amide bonds. The van der Waals surface area contributed by atoms with Crippen LogP contribution in [0, 0.1) is 0 Å². The van der Waals surface area contributed by atoms with Crippen molar-refractivity contribution in [2.75, 3.05) is 47.5 Å². The normalized spacial score (nSPS) is 12.2. The van der Waals surface area contributed by atoms with Crippen LogP contribution in [0.1, 0.15) is 65.7 Å². The standard InChI is InChI=1S/C18H42NO3Si.BrH/c1-7-10-14-19(15-11-8-2,16-12-9-3)17-13-18-23(20-4,21-5)22-6;/h7-18H2,1-6H3;1H/q+1;/p-1. The van der Waals surface area contributed by atoms with Gasteiger partial charge < -0.3 is 34.7 Å². The van der Waals surface area contributed by atoms with Crippen LogP contribution in [0.2, 0.25) is 6.04 Å². The van der Waals surface area contributed by atoms with E-state index in [0.29, 0.717) is 0 Å². The molecule has 0 unspecified atom stereocenters. The Morgan fingerprint density at radius 1 is 0.625 bits per heavy atom. The van der Waals surface area contributed by atoms with E-state index in [-0.39, 0.29) is 17.0 Å². The van der Waals surface area contributed by atoms with E-state index in [1.54, 1.807) is 21.3 Å². The van der Waals surface area contributed by atoms with Crippen molar-refractivity contribution < 1.29 is 34.7 Å². The van der Waals surface area contributed by atoms with E-state index in [4.69, 9.17) is 13.3 Å². The van der Waals surface area contributed by atoms with Crippen molar-refractivity contribution in [3.8, 4) is 0 Å². The van der Waals surface area contributed by atoms with Crippen molar-refractivity contribution in [2.45, 2.75) is 71.8 Å². The number of hydrogen-bond donors (Lipinski definition) is 0. The molecule has 0 atom stereocenters. The van der Waals surface area contributed by atoms with Crippen LogP contribution in [0.4, 0.5) is 0 Å². The van der Waals surface area contributed by atoms with Crippen LogP contribution >= 0.6 is 0 Å². The second kappa shape index (κ2) is 15.8. The number of hydrogen-bond acceptors (Lipinski definition) is 3. The summed E-state index contributed by atoms with van der Waals surface area (Å²) in [6.45, 7) is 12.1. The Labute approximate surface area is 163 Å². The van der Waals surface area contributed by atoms with Gasteiger partial charge in [0.1, 0.15) is 0 Å². The fourth-order valence-corrected chi connectivity index (χ4v) is 5.04. The van der Waals surface area contributed by atoms with Gasteiger partial charge in [-0.3, -0.25) is 0 Å². The lowest BCUT2D eigenvalue weighted by Gasteiger charge is -2.40. The first-order valence-electron chi connectivity index (χ1n) is 9.58. The smallest absolute Gasteiger partial charge is 0.500 e. The molecule has 0 aromatic rings. The Morgan fingerprint density at radius 3 is 1.25 bits per heavy atom. The Bertz CT molecular complexity index is 249. The average Bonchev–Trinajstić information content (AvgIpc) is 2.60. The minimum atomic E-state index is -2.42. The molecule has 0 saturated carbocycles. The quantitative estimate of drug-likeness (QED) is 0.275. The molecule has 6 heteroatoms. The Hall–Kier alpha value is 0.537. The fraction of sp³-hybridized carbons (Fsp3) is 1.00. The maximum Gasteiger partial charge on any atom is 0.500 e. The van der Waals surface area contributed by atoms with Gasteiger partial charge in [-0.05, 0) is 19.3 Å². The molecule has 0 heterocycles. The predicted molar refractivity (Wildman–Crippen MR) is 101 cm³/mol. The maximum atomic E-state index is 5.58. The third-order valence-electron chi connectivity index (χ3n) is 5.01. The lowest BCUT2D eigenvalue weighted by atomic mass is 10.1. The SMILES string of the molecule is CCCC[N+](CCCC)(CCCC)CCC[Si](OC)(OC)OC.[Br-]. The van der Waals surface area contributed by atoms with Crippen LogP contribution < -0.4 is 17.0 Å². The van der Waals surface area contributed by atoms with Crippen LogP contribution in [-0.4, -0.2) is 60.8 Å². The Morgan fingerprint density at radius 2 is 0.958 bits per heavy atom. The Kier molecular flexibility index (Phi) is 17.6. The van der Waals surface area contributed by atoms with Gasteiger partial charge in [-0.25, -0.2) is 0 Å². The molecule has 0 fully saturated rings. The summed E-state index contributed by atoms with van der Waals surface area (Å²) < 4.78 is 18.0. The molecular weight excluding hydrogens is 386 g/mol. The molecule has 0 aromatic heterocycles. The van der Waals surface area contributed by atoms with Crippen molar-refractivity contribution in [2.24, 2.45) is 0 Å². The highest BCUT2D eigenvalue weighted by atomic mass is 79.9. The van der Waals surface area contributed by atoms with E-state index >= 15 is 0 Å². The molecule has 4 nitrogen and oxygen atoms in total. The second-order valence-electron chi connectivity index (χ2n) is 6.70. The molecule has 0 saturated heterocycles. The lowest BCUT2D eigenvalue weighted by molar-refractivity contribution is -0.928. The molecule has 0 N–H and O–H groups in total. The molecular formula is C18H42BrNO3Si. The first-order valence-corrected chi connectivity index (χ1v) is 11.5. The van der Waals surface area contributed by atoms with Crippen molar-refractivity contribution in [1.82, 2.24) is 0 Å². The summed E-state index contributed by atoms with van der Waals surface area (Å²) in [4.78, 5) is 0. The highest BCUT2D eigenvalue weighted by Gasteiger charge is 2.38. The minimum Gasteiger partial charge on any atom is -1.00 e. The van der Waals surface area contributed by atoms with Gasteiger partial charge >= 0.3 is 8.80 Å². The van der Waals surface area contributed by atoms with Crippen molar-refractivity contribution in [3.63, 3.8) is 0 Å². The van der Waals surface area contributed by atoms with Gasteiger partial charge in [0.15, 0.2) is 0 Å². The van der Waals surface area contributed by atoms with Gasteiger partial charge in [0.05, 0.1) is 26.2 Å². The van der Waals surface area contributed by atoms with E-state index in [1.165, 1.54) is 69.2 Å². The van der Waals surface area contributed by atoms with Gasteiger partial charge in [-0.2, -0.15) is 0 Å². The van der Waals surface area contributed by atoms with Gasteiger partial charge in [0, 0.05) is 33.8 Å². The maximum absolute atomic E-state index is 5.58. The van der Waals surface area contributed by atoms with Gasteiger partial charge in [-0.15, -0.1) is 0 Å². The van der Waals surface area contributed by atoms with Crippen molar-refractivity contribution in [3.05, 3.63) is 0 Å². The topological polar surface area (TPSA) is 27.7 Å². The molecule has 0 aliphatic rings. The summed E-state index contributed by atoms with van der Waals surface area (Å²) in [7, 11) is 2.72. The number of rotatable bonds is 16. The highest BCUT2D eigenvalue weighted by molar-refractivity contribution is 6.60. The minimum absolute atomic E-state index is 0. The summed E-state index contributed by atoms with van der Waals surface area (Å²) in [6, 6.07) is 0.918. The zero-order chi connectivity index (χ0) is 17.6. The number of unbranched alkanes of at least 4 members (excludes halogenated alkanes) is 3. The number of nitrogens with zero attached hydrogens (tertiary/aromatic N) is 1. The summed E-state index contributed by atoms with van der Waals surface area (Å²) in [6.07, 6.45) is 8.96. The first kappa shape index (κ1) is 26.8. The third kappa shape index (κ3) is 9.87. The first-order chi connectivity index (χ1) is 11.1. The van der Waals surface area contributed by atoms with E-state index < -0.39 is 8.80 Å². The molecule has 0 spiro atoms. The number of quaternary nitrogens is 1. The molecule has 0 aliphatic heterocycles. The predicted octanol–water partition coefficient (Wildman–Crippen LogP) is 1.48. The van der Waals surface area contributed by atoms with Gasteiger partial charge in [-0.1, -0.05) is 40.0 Å². The second-order valence-corrected chi connectivity index (χ2v) is 9.79. The molecule has 0 aromatic carbocycles. The van der Waals surface area contributed by atoms with E-state index in [9.17, 15) is 0 Å². The number of halogens is 1. The largest absolute Gasteiger partial charge is 1.00 e. The molecule has 0 aliphatic carbocycles. The zero-order valence-electron chi connectivity index (χ0n) is 17.0. The van der Waals surface area contributed by atoms with Gasteiger partial charge in [0.2, 0.25) is 0 Å². The van der Waals surface area contributed by atoms with Crippen LogP contribution in [0.15, 0.2) is 0 Å². The fourth-order valence-electron chi connectivity index (χ4n) is 3.34. The third-order valence-corrected chi connectivity index (χ3v) is 7.84. The summed E-state index contributed by atoms with van der Waals surface area (Å²) in [5.41, 5.74) is 0. The van der Waals surface area contributed by atoms with Crippen molar-refractivity contribution >= 4 is 8.80 Å². The van der Waals surface area contributed by atoms with Crippen molar-refractivity contribution in [1.29, 1.82) is 0 Å². The van der Waals surface area contributed by atoms with E-state index in [0.717, 1.165) is 12.5 Å². The van der Waals surface area contributed by atoms with Crippen LogP contribution in [-0.2, 0) is 13.3 Å².